The van der Waals surface area contributed by atoms with Crippen molar-refractivity contribution in [1.29, 1.82) is 0 Å². The van der Waals surface area contributed by atoms with Crippen molar-refractivity contribution >= 4 is 21.6 Å². The van der Waals surface area contributed by atoms with E-state index in [1.807, 2.05) is 0 Å². The van der Waals surface area contributed by atoms with Crippen LogP contribution >= 0.6 is 0 Å². The summed E-state index contributed by atoms with van der Waals surface area (Å²) in [5.74, 6) is -0.784. The van der Waals surface area contributed by atoms with Crippen LogP contribution in [0, 0.1) is 0 Å². The molecular formula is C9H13N3O3S. The van der Waals surface area contributed by atoms with Crippen molar-refractivity contribution in [2.75, 3.05) is 17.0 Å². The zero-order chi connectivity index (χ0) is 12.2. The monoisotopic (exact) mass is 243 g/mol. The van der Waals surface area contributed by atoms with Crippen LogP contribution in [0.3, 0.4) is 0 Å². The van der Waals surface area contributed by atoms with Gasteiger partial charge in [0.1, 0.15) is 0 Å². The second-order valence-electron chi connectivity index (χ2n) is 3.15. The van der Waals surface area contributed by atoms with Gasteiger partial charge in [-0.25, -0.2) is 8.42 Å². The number of carbonyl (C=O) groups excluding carboxylic acids is 1. The molecule has 0 aliphatic rings. The normalized spacial score (nSPS) is 11.1. The Labute approximate surface area is 93.7 Å². The first-order valence-corrected chi connectivity index (χ1v) is 6.20. The molecule has 0 unspecified atom stereocenters. The van der Waals surface area contributed by atoms with Gasteiger partial charge in [0, 0.05) is 17.8 Å². The van der Waals surface area contributed by atoms with Crippen LogP contribution in [0.25, 0.3) is 0 Å². The number of hydrogen-bond donors (Lipinski definition) is 3. The maximum absolute atomic E-state index is 11.4. The molecule has 0 aromatic heterocycles. The van der Waals surface area contributed by atoms with Crippen LogP contribution < -0.4 is 16.2 Å². The molecule has 88 valence electrons. The highest BCUT2D eigenvalue weighted by Crippen LogP contribution is 2.11. The molecule has 0 heterocycles. The van der Waals surface area contributed by atoms with Gasteiger partial charge in [-0.2, -0.15) is 0 Å². The molecule has 5 N–H and O–H groups in total. The first-order chi connectivity index (χ1) is 7.44. The maximum Gasteiger partial charge on any atom is 0.248 e. The number of amides is 1. The lowest BCUT2D eigenvalue weighted by Crippen LogP contribution is -2.22. The number of sulfonamides is 1. The average Bonchev–Trinajstić information content (AvgIpc) is 2.17. The Morgan fingerprint density at radius 3 is 2.62 bits per heavy atom. The van der Waals surface area contributed by atoms with E-state index in [2.05, 4.69) is 4.72 Å². The lowest BCUT2D eigenvalue weighted by atomic mass is 10.2. The number of carbonyl (C=O) groups is 1. The van der Waals surface area contributed by atoms with Crippen LogP contribution in [0.5, 0.6) is 0 Å². The summed E-state index contributed by atoms with van der Waals surface area (Å²) in [5, 5.41) is 0. The number of nitrogens with two attached hydrogens (primary N) is 2. The molecule has 0 saturated carbocycles. The van der Waals surface area contributed by atoms with Crippen molar-refractivity contribution in [3.8, 4) is 0 Å². The second kappa shape index (κ2) is 4.95. The van der Waals surface area contributed by atoms with Crippen molar-refractivity contribution < 1.29 is 13.2 Å². The molecule has 16 heavy (non-hydrogen) atoms. The van der Waals surface area contributed by atoms with E-state index in [4.69, 9.17) is 11.5 Å². The summed E-state index contributed by atoms with van der Waals surface area (Å²) in [4.78, 5) is 10.9. The predicted octanol–water partition coefficient (Wildman–Crippen LogP) is -0.514. The zero-order valence-corrected chi connectivity index (χ0v) is 9.33. The number of nitrogens with one attached hydrogen (secondary N) is 1. The standard InChI is InChI=1S/C9H13N3O3S/c10-4-5-16(14,15)12-8-3-1-2-7(6-8)9(11)13/h1-3,6,12H,4-5,10H2,(H2,11,13). The Kier molecular flexibility index (Phi) is 3.86. The van der Waals surface area contributed by atoms with Crippen LogP contribution in [-0.2, 0) is 10.0 Å². The van der Waals surface area contributed by atoms with Gasteiger partial charge in [-0.15, -0.1) is 0 Å². The third kappa shape index (κ3) is 3.52. The maximum atomic E-state index is 11.4. The lowest BCUT2D eigenvalue weighted by molar-refractivity contribution is 0.100. The molecule has 1 rings (SSSR count). The molecule has 0 fully saturated rings. The van der Waals surface area contributed by atoms with Gasteiger partial charge in [-0.3, -0.25) is 9.52 Å². The molecule has 7 heteroatoms. The topological polar surface area (TPSA) is 115 Å². The smallest absolute Gasteiger partial charge is 0.248 e. The molecule has 0 spiro atoms. The molecule has 0 saturated heterocycles. The van der Waals surface area contributed by atoms with Crippen LogP contribution in [-0.4, -0.2) is 26.6 Å². The summed E-state index contributed by atoms with van der Waals surface area (Å²) in [5.41, 5.74) is 10.8. The Morgan fingerprint density at radius 1 is 1.38 bits per heavy atom. The van der Waals surface area contributed by atoms with Gasteiger partial charge in [-0.05, 0) is 18.2 Å². The summed E-state index contributed by atoms with van der Waals surface area (Å²) in [6.45, 7) is 0.0326. The van der Waals surface area contributed by atoms with E-state index in [0.717, 1.165) is 0 Å². The van der Waals surface area contributed by atoms with Crippen LogP contribution in [0.4, 0.5) is 5.69 Å². The van der Waals surface area contributed by atoms with E-state index in [0.29, 0.717) is 5.69 Å². The summed E-state index contributed by atoms with van der Waals surface area (Å²) < 4.78 is 25.0. The predicted molar refractivity (Wildman–Crippen MR) is 61.4 cm³/mol. The Balaban J connectivity index is 2.90. The quantitative estimate of drug-likeness (QED) is 0.645. The molecule has 1 amide bonds. The molecule has 0 bridgehead atoms. The highest BCUT2D eigenvalue weighted by molar-refractivity contribution is 7.92. The fourth-order valence-corrected chi connectivity index (χ4v) is 2.02. The molecule has 1 aromatic carbocycles. The number of primary amides is 1. The summed E-state index contributed by atoms with van der Waals surface area (Å²) in [7, 11) is -3.45. The van der Waals surface area contributed by atoms with Crippen molar-refractivity contribution in [2.45, 2.75) is 0 Å². The molecule has 0 aliphatic carbocycles. The van der Waals surface area contributed by atoms with Crippen LogP contribution in [0.1, 0.15) is 10.4 Å². The minimum Gasteiger partial charge on any atom is -0.366 e. The SMILES string of the molecule is NCCS(=O)(=O)Nc1cccc(C(N)=O)c1. The number of anilines is 1. The fourth-order valence-electron chi connectivity index (χ4n) is 1.12. The molecule has 1 aromatic rings. The molecule has 0 atom stereocenters. The van der Waals surface area contributed by atoms with E-state index in [9.17, 15) is 13.2 Å². The Morgan fingerprint density at radius 2 is 2.06 bits per heavy atom. The van der Waals surface area contributed by atoms with E-state index in [-0.39, 0.29) is 17.9 Å². The number of benzene rings is 1. The van der Waals surface area contributed by atoms with Gasteiger partial charge in [-0.1, -0.05) is 6.07 Å². The summed E-state index contributed by atoms with van der Waals surface area (Å²) in [6, 6.07) is 5.94. The highest BCUT2D eigenvalue weighted by atomic mass is 32.2. The minimum absolute atomic E-state index is 0.0326. The molecule has 0 radical (unpaired) electrons. The first-order valence-electron chi connectivity index (χ1n) is 4.55. The molecular weight excluding hydrogens is 230 g/mol. The highest BCUT2D eigenvalue weighted by Gasteiger charge is 2.09. The van der Waals surface area contributed by atoms with E-state index in [1.165, 1.54) is 18.2 Å². The number of rotatable bonds is 5. The number of hydrogen-bond acceptors (Lipinski definition) is 4. The van der Waals surface area contributed by atoms with Crippen molar-refractivity contribution in [3.63, 3.8) is 0 Å². The van der Waals surface area contributed by atoms with Crippen LogP contribution in [0.15, 0.2) is 24.3 Å². The third-order valence-electron chi connectivity index (χ3n) is 1.81. The zero-order valence-electron chi connectivity index (χ0n) is 8.51. The van der Waals surface area contributed by atoms with Gasteiger partial charge in [0.25, 0.3) is 0 Å². The Bertz CT molecular complexity index is 485. The summed E-state index contributed by atoms with van der Waals surface area (Å²) in [6.07, 6.45) is 0. The van der Waals surface area contributed by atoms with Gasteiger partial charge in [0.2, 0.25) is 15.9 Å². The van der Waals surface area contributed by atoms with Crippen molar-refractivity contribution in [3.05, 3.63) is 29.8 Å². The molecule has 0 aliphatic heterocycles. The van der Waals surface area contributed by atoms with E-state index < -0.39 is 15.9 Å². The van der Waals surface area contributed by atoms with Crippen molar-refractivity contribution in [2.24, 2.45) is 11.5 Å². The second-order valence-corrected chi connectivity index (χ2v) is 5.00. The summed E-state index contributed by atoms with van der Waals surface area (Å²) >= 11 is 0. The largest absolute Gasteiger partial charge is 0.366 e. The van der Waals surface area contributed by atoms with Gasteiger partial charge < -0.3 is 11.5 Å². The average molecular weight is 243 g/mol. The third-order valence-corrected chi connectivity index (χ3v) is 3.13. The van der Waals surface area contributed by atoms with E-state index in [1.54, 1.807) is 6.07 Å². The lowest BCUT2D eigenvalue weighted by Gasteiger charge is -2.07. The van der Waals surface area contributed by atoms with Crippen molar-refractivity contribution in [1.82, 2.24) is 0 Å². The van der Waals surface area contributed by atoms with E-state index >= 15 is 0 Å². The van der Waals surface area contributed by atoms with Gasteiger partial charge >= 0.3 is 0 Å². The van der Waals surface area contributed by atoms with Crippen LogP contribution in [0.2, 0.25) is 0 Å². The van der Waals surface area contributed by atoms with Gasteiger partial charge in [0.05, 0.1) is 5.75 Å². The minimum atomic E-state index is -3.45. The molecule has 6 nitrogen and oxygen atoms in total. The fraction of sp³-hybridized carbons (Fsp3) is 0.222. The Hall–Kier alpha value is -1.60. The van der Waals surface area contributed by atoms with Gasteiger partial charge in [0.15, 0.2) is 0 Å². The first kappa shape index (κ1) is 12.5.